The third-order valence-corrected chi connectivity index (χ3v) is 6.53. The van der Waals surface area contributed by atoms with Crippen molar-refractivity contribution in [1.29, 1.82) is 0 Å². The fraction of sp³-hybridized carbons (Fsp3) is 0.174. The fourth-order valence-electron chi connectivity index (χ4n) is 3.33. The number of amides is 2. The maximum Gasteiger partial charge on any atom is 0.433 e. The van der Waals surface area contributed by atoms with Crippen LogP contribution >= 0.6 is 22.9 Å². The predicted molar refractivity (Wildman–Crippen MR) is 125 cm³/mol. The fourth-order valence-corrected chi connectivity index (χ4v) is 4.51. The normalized spacial score (nSPS) is 11.6. The van der Waals surface area contributed by atoms with Crippen LogP contribution in [-0.2, 0) is 12.8 Å². The van der Waals surface area contributed by atoms with Gasteiger partial charge in [-0.1, -0.05) is 11.6 Å². The number of thiophene rings is 1. The molecule has 0 saturated carbocycles. The smallest absolute Gasteiger partial charge is 0.433 e. The summed E-state index contributed by atoms with van der Waals surface area (Å²) in [6, 6.07) is 8.94. The first-order valence-corrected chi connectivity index (χ1v) is 11.2. The van der Waals surface area contributed by atoms with E-state index in [2.05, 4.69) is 10.3 Å². The Kier molecular flexibility index (Phi) is 6.48. The summed E-state index contributed by atoms with van der Waals surface area (Å²) in [4.78, 5) is 28.2. The number of nitrogens with two attached hydrogens (primary N) is 1. The number of fused-ring (bicyclic) bond motifs is 1. The third kappa shape index (κ3) is 5.10. The maximum absolute atomic E-state index is 13.2. The number of carbonyl (C=O) groups is 2. The van der Waals surface area contributed by atoms with Crippen LogP contribution in [0, 0.1) is 13.8 Å². The van der Waals surface area contributed by atoms with E-state index in [4.69, 9.17) is 26.5 Å². The second-order valence-corrected chi connectivity index (χ2v) is 9.00. The number of aromatic nitrogens is 1. The minimum Gasteiger partial charge on any atom is -0.486 e. The number of ether oxygens (including phenoxy) is 1. The summed E-state index contributed by atoms with van der Waals surface area (Å²) in [5.74, 6) is -0.821. The highest BCUT2D eigenvalue weighted by Gasteiger charge is 2.34. The largest absolute Gasteiger partial charge is 0.486 e. The third-order valence-electron chi connectivity index (χ3n) is 5.01. The van der Waals surface area contributed by atoms with Gasteiger partial charge in [0.15, 0.2) is 5.76 Å². The van der Waals surface area contributed by atoms with Crippen LogP contribution in [0.15, 0.2) is 40.8 Å². The minimum absolute atomic E-state index is 0.0212. The van der Waals surface area contributed by atoms with Crippen molar-refractivity contribution in [3.63, 3.8) is 0 Å². The Balaban J connectivity index is 1.58. The van der Waals surface area contributed by atoms with Gasteiger partial charge in [0.2, 0.25) is 0 Å². The number of hydrogen-bond acceptors (Lipinski definition) is 6. The van der Waals surface area contributed by atoms with Gasteiger partial charge in [0, 0.05) is 10.4 Å². The Morgan fingerprint density at radius 1 is 1.17 bits per heavy atom. The molecule has 1 aromatic carbocycles. The molecule has 3 aromatic heterocycles. The van der Waals surface area contributed by atoms with Crippen molar-refractivity contribution in [2.45, 2.75) is 26.6 Å². The molecule has 0 aliphatic rings. The number of rotatable bonds is 6. The summed E-state index contributed by atoms with van der Waals surface area (Å²) in [6.45, 7) is 3.29. The van der Waals surface area contributed by atoms with Crippen molar-refractivity contribution in [2.24, 2.45) is 5.73 Å². The summed E-state index contributed by atoms with van der Waals surface area (Å²) in [5.41, 5.74) is 5.29. The number of halogens is 4. The predicted octanol–water partition coefficient (Wildman–Crippen LogP) is 6.11. The van der Waals surface area contributed by atoms with E-state index < -0.39 is 23.7 Å². The number of primary amides is 1. The summed E-state index contributed by atoms with van der Waals surface area (Å²) >= 11 is 6.66. The molecule has 0 saturated heterocycles. The van der Waals surface area contributed by atoms with Crippen LogP contribution in [0.1, 0.15) is 42.8 Å². The molecule has 3 N–H and O–H groups in total. The molecule has 182 valence electrons. The van der Waals surface area contributed by atoms with Crippen molar-refractivity contribution in [2.75, 3.05) is 5.32 Å². The van der Waals surface area contributed by atoms with Crippen LogP contribution in [-0.4, -0.2) is 16.8 Å². The molecular formula is C23H17ClF3N3O4S. The topological polar surface area (TPSA) is 107 Å². The molecule has 7 nitrogen and oxygen atoms in total. The first-order chi connectivity index (χ1) is 16.4. The second kappa shape index (κ2) is 9.23. The molecule has 4 rings (SSSR count). The van der Waals surface area contributed by atoms with Crippen LogP contribution in [0.3, 0.4) is 0 Å². The Labute approximate surface area is 205 Å². The van der Waals surface area contributed by atoms with Gasteiger partial charge in [0.05, 0.1) is 5.69 Å². The first-order valence-electron chi connectivity index (χ1n) is 10.0. The second-order valence-electron chi connectivity index (χ2n) is 7.59. The van der Waals surface area contributed by atoms with Gasteiger partial charge >= 0.3 is 6.18 Å². The highest BCUT2D eigenvalue weighted by Crippen LogP contribution is 2.40. The van der Waals surface area contributed by atoms with E-state index in [0.717, 1.165) is 11.6 Å². The van der Waals surface area contributed by atoms with Gasteiger partial charge in [-0.05, 0) is 61.4 Å². The number of furan rings is 1. The van der Waals surface area contributed by atoms with Gasteiger partial charge in [0.25, 0.3) is 11.8 Å². The van der Waals surface area contributed by atoms with Crippen LogP contribution in [0.5, 0.6) is 5.75 Å². The highest BCUT2D eigenvalue weighted by molar-refractivity contribution is 7.21. The lowest BCUT2D eigenvalue weighted by atomic mass is 10.1. The van der Waals surface area contributed by atoms with Gasteiger partial charge in [-0.25, -0.2) is 4.98 Å². The van der Waals surface area contributed by atoms with Crippen molar-refractivity contribution in [3.8, 4) is 5.75 Å². The molecule has 0 spiro atoms. The molecule has 0 fully saturated rings. The van der Waals surface area contributed by atoms with E-state index in [-0.39, 0.29) is 38.7 Å². The van der Waals surface area contributed by atoms with Crippen LogP contribution in [0.4, 0.5) is 18.9 Å². The number of aryl methyl sites for hydroxylation is 2. The van der Waals surface area contributed by atoms with E-state index in [1.807, 2.05) is 6.92 Å². The summed E-state index contributed by atoms with van der Waals surface area (Å²) in [7, 11) is 0. The monoisotopic (exact) mass is 523 g/mol. The summed E-state index contributed by atoms with van der Waals surface area (Å²) < 4.78 is 50.7. The zero-order valence-corrected chi connectivity index (χ0v) is 19.8. The number of alkyl halides is 3. The van der Waals surface area contributed by atoms with Crippen LogP contribution in [0.25, 0.3) is 10.2 Å². The molecule has 0 aliphatic heterocycles. The molecular weight excluding hydrogens is 507 g/mol. The molecule has 0 bridgehead atoms. The number of hydrogen-bond donors (Lipinski definition) is 2. The van der Waals surface area contributed by atoms with Crippen LogP contribution < -0.4 is 15.8 Å². The number of nitrogens with zero attached hydrogens (tertiary/aromatic N) is 1. The van der Waals surface area contributed by atoms with Gasteiger partial charge in [-0.3, -0.25) is 9.59 Å². The van der Waals surface area contributed by atoms with Gasteiger partial charge in [0.1, 0.15) is 33.5 Å². The van der Waals surface area contributed by atoms with Gasteiger partial charge < -0.3 is 20.2 Å². The Morgan fingerprint density at radius 2 is 1.91 bits per heavy atom. The Hall–Kier alpha value is -3.57. The quantitative estimate of drug-likeness (QED) is 0.317. The molecule has 2 amide bonds. The number of anilines is 1. The number of pyridine rings is 1. The van der Waals surface area contributed by atoms with E-state index in [0.29, 0.717) is 27.9 Å². The molecule has 0 aliphatic carbocycles. The SMILES string of the molecule is Cc1cc(OCc2ccc(C(=O)Nc3c(C(N)=O)sc4nc(C(F)(F)F)cc(C)c34)o2)ccc1Cl. The van der Waals surface area contributed by atoms with E-state index >= 15 is 0 Å². The first kappa shape index (κ1) is 24.6. The summed E-state index contributed by atoms with van der Waals surface area (Å²) in [6.07, 6.45) is -4.67. The molecule has 35 heavy (non-hydrogen) atoms. The van der Waals surface area contributed by atoms with Gasteiger partial charge in [-0.2, -0.15) is 13.2 Å². The molecule has 0 unspecified atom stereocenters. The maximum atomic E-state index is 13.2. The summed E-state index contributed by atoms with van der Waals surface area (Å²) in [5, 5.41) is 3.33. The molecule has 0 radical (unpaired) electrons. The highest BCUT2D eigenvalue weighted by atomic mass is 35.5. The van der Waals surface area contributed by atoms with Crippen molar-refractivity contribution >= 4 is 50.7 Å². The molecule has 4 aromatic rings. The Bertz CT molecular complexity index is 1460. The molecule has 0 atom stereocenters. The zero-order chi connectivity index (χ0) is 25.5. The average Bonchev–Trinajstić information content (AvgIpc) is 3.39. The Morgan fingerprint density at radius 3 is 2.57 bits per heavy atom. The number of benzene rings is 1. The number of nitrogens with one attached hydrogen (secondary N) is 1. The van der Waals surface area contributed by atoms with Crippen molar-refractivity contribution in [1.82, 2.24) is 4.98 Å². The van der Waals surface area contributed by atoms with Crippen molar-refractivity contribution < 1.29 is 31.9 Å². The lowest BCUT2D eigenvalue weighted by molar-refractivity contribution is -0.141. The zero-order valence-electron chi connectivity index (χ0n) is 18.2. The lowest BCUT2D eigenvalue weighted by Gasteiger charge is -2.09. The number of carbonyl (C=O) groups excluding carboxylic acids is 2. The molecule has 12 heteroatoms. The van der Waals surface area contributed by atoms with E-state index in [1.165, 1.54) is 13.0 Å². The van der Waals surface area contributed by atoms with E-state index in [9.17, 15) is 22.8 Å². The average molecular weight is 524 g/mol. The van der Waals surface area contributed by atoms with Gasteiger partial charge in [-0.15, -0.1) is 11.3 Å². The molecule has 3 heterocycles. The van der Waals surface area contributed by atoms with Crippen LogP contribution in [0.2, 0.25) is 5.02 Å². The lowest BCUT2D eigenvalue weighted by Crippen LogP contribution is -2.16. The standard InChI is InChI=1S/C23H17ClF3N3O4S/c1-10-7-12(3-5-14(10)24)33-9-13-4-6-15(34-13)21(32)30-18-17-11(2)8-16(23(25,26)27)29-22(17)35-19(18)20(28)31/h3-8H,9H2,1-2H3,(H2,28,31)(H,30,32). The van der Waals surface area contributed by atoms with Crippen molar-refractivity contribution in [3.05, 3.63) is 74.6 Å². The van der Waals surface area contributed by atoms with E-state index in [1.54, 1.807) is 24.3 Å². The minimum atomic E-state index is -4.67.